The van der Waals surface area contributed by atoms with Crippen LogP contribution in [0, 0.1) is 0 Å². The monoisotopic (exact) mass is 231 g/mol. The van der Waals surface area contributed by atoms with E-state index in [2.05, 4.69) is 24.3 Å². The molecular formula is C14H14ClN. The van der Waals surface area contributed by atoms with Gasteiger partial charge in [-0.3, -0.25) is 0 Å². The fraction of sp³-hybridized carbons (Fsp3) is 0.286. The molecule has 0 amide bonds. The fourth-order valence-electron chi connectivity index (χ4n) is 2.68. The van der Waals surface area contributed by atoms with E-state index in [0.717, 1.165) is 23.3 Å². The summed E-state index contributed by atoms with van der Waals surface area (Å²) in [5, 5.41) is 3.25. The zero-order valence-corrected chi connectivity index (χ0v) is 9.80. The van der Waals surface area contributed by atoms with Crippen LogP contribution >= 0.6 is 11.6 Å². The molecule has 2 aromatic rings. The average molecular weight is 232 g/mol. The summed E-state index contributed by atoms with van der Waals surface area (Å²) in [5.74, 6) is 0. The number of nitrogens with two attached hydrogens (primary N) is 1. The summed E-state index contributed by atoms with van der Waals surface area (Å²) in [6.07, 6.45) is 3.38. The molecule has 0 bridgehead atoms. The SMILES string of the molecule is N[C@H]1CCCc2c1cc(Cl)c1ccccc21. The maximum Gasteiger partial charge on any atom is 0.0487 e. The average Bonchev–Trinajstić information content (AvgIpc) is 2.31. The van der Waals surface area contributed by atoms with Crippen molar-refractivity contribution in [2.24, 2.45) is 5.73 Å². The van der Waals surface area contributed by atoms with E-state index in [1.807, 2.05) is 6.07 Å². The maximum absolute atomic E-state index is 6.30. The summed E-state index contributed by atoms with van der Waals surface area (Å²) in [6, 6.07) is 10.5. The minimum absolute atomic E-state index is 0.158. The molecular weight excluding hydrogens is 218 g/mol. The molecule has 0 aliphatic heterocycles. The first-order valence-corrected chi connectivity index (χ1v) is 6.11. The van der Waals surface area contributed by atoms with Gasteiger partial charge in [-0.05, 0) is 41.8 Å². The van der Waals surface area contributed by atoms with E-state index in [4.69, 9.17) is 17.3 Å². The Labute approximate surface area is 100 Å². The molecule has 0 aromatic heterocycles. The molecule has 1 aliphatic carbocycles. The lowest BCUT2D eigenvalue weighted by Gasteiger charge is -2.24. The van der Waals surface area contributed by atoms with Crippen LogP contribution in [0.25, 0.3) is 10.8 Å². The van der Waals surface area contributed by atoms with Crippen molar-refractivity contribution in [2.75, 3.05) is 0 Å². The normalized spacial score (nSPS) is 19.8. The van der Waals surface area contributed by atoms with Crippen molar-refractivity contribution in [3.8, 4) is 0 Å². The molecule has 1 aliphatic rings. The van der Waals surface area contributed by atoms with Crippen molar-refractivity contribution in [2.45, 2.75) is 25.3 Å². The molecule has 2 aromatic carbocycles. The predicted octanol–water partition coefficient (Wildman–Crippen LogP) is 3.83. The Kier molecular flexibility index (Phi) is 2.38. The van der Waals surface area contributed by atoms with Gasteiger partial charge in [-0.25, -0.2) is 0 Å². The van der Waals surface area contributed by atoms with Crippen LogP contribution in [0.1, 0.15) is 30.0 Å². The van der Waals surface area contributed by atoms with E-state index in [1.165, 1.54) is 22.9 Å². The van der Waals surface area contributed by atoms with Gasteiger partial charge in [0, 0.05) is 16.5 Å². The van der Waals surface area contributed by atoms with Crippen LogP contribution in [-0.4, -0.2) is 0 Å². The number of hydrogen-bond donors (Lipinski definition) is 1. The molecule has 0 heterocycles. The number of hydrogen-bond acceptors (Lipinski definition) is 1. The summed E-state index contributed by atoms with van der Waals surface area (Å²) >= 11 is 6.30. The summed E-state index contributed by atoms with van der Waals surface area (Å²) in [5.41, 5.74) is 8.79. The van der Waals surface area contributed by atoms with Crippen LogP contribution in [0.2, 0.25) is 5.02 Å². The third kappa shape index (κ3) is 1.43. The highest BCUT2D eigenvalue weighted by Gasteiger charge is 2.19. The second-order valence-electron chi connectivity index (χ2n) is 4.47. The highest BCUT2D eigenvalue weighted by molar-refractivity contribution is 6.35. The number of halogens is 1. The molecule has 0 unspecified atom stereocenters. The Balaban J connectivity index is 2.38. The predicted molar refractivity (Wildman–Crippen MR) is 68.8 cm³/mol. The lowest BCUT2D eigenvalue weighted by Crippen LogP contribution is -2.17. The van der Waals surface area contributed by atoms with Crippen LogP contribution in [0.5, 0.6) is 0 Å². The first-order chi connectivity index (χ1) is 7.77. The van der Waals surface area contributed by atoms with Gasteiger partial charge in [0.1, 0.15) is 0 Å². The van der Waals surface area contributed by atoms with E-state index in [-0.39, 0.29) is 6.04 Å². The Morgan fingerprint density at radius 3 is 2.75 bits per heavy atom. The van der Waals surface area contributed by atoms with Crippen LogP contribution in [-0.2, 0) is 6.42 Å². The van der Waals surface area contributed by atoms with Gasteiger partial charge in [-0.15, -0.1) is 0 Å². The largest absolute Gasteiger partial charge is 0.324 e. The van der Waals surface area contributed by atoms with Crippen LogP contribution < -0.4 is 5.73 Å². The molecule has 2 N–H and O–H groups in total. The van der Waals surface area contributed by atoms with Gasteiger partial charge >= 0.3 is 0 Å². The van der Waals surface area contributed by atoms with Crippen LogP contribution in [0.15, 0.2) is 30.3 Å². The summed E-state index contributed by atoms with van der Waals surface area (Å²) in [4.78, 5) is 0. The van der Waals surface area contributed by atoms with Gasteiger partial charge in [-0.2, -0.15) is 0 Å². The molecule has 0 radical (unpaired) electrons. The lowest BCUT2D eigenvalue weighted by atomic mass is 9.85. The first-order valence-electron chi connectivity index (χ1n) is 5.73. The smallest absolute Gasteiger partial charge is 0.0487 e. The maximum atomic E-state index is 6.30. The Morgan fingerprint density at radius 2 is 1.94 bits per heavy atom. The summed E-state index contributed by atoms with van der Waals surface area (Å²) in [7, 11) is 0. The Bertz CT molecular complexity index is 548. The Morgan fingerprint density at radius 1 is 1.19 bits per heavy atom. The second-order valence-corrected chi connectivity index (χ2v) is 4.88. The summed E-state index contributed by atoms with van der Waals surface area (Å²) < 4.78 is 0. The third-order valence-electron chi connectivity index (χ3n) is 3.48. The van der Waals surface area contributed by atoms with Gasteiger partial charge in [0.25, 0.3) is 0 Å². The van der Waals surface area contributed by atoms with Crippen molar-refractivity contribution in [1.29, 1.82) is 0 Å². The third-order valence-corrected chi connectivity index (χ3v) is 3.79. The van der Waals surface area contributed by atoms with Gasteiger partial charge in [-0.1, -0.05) is 35.9 Å². The standard InChI is InChI=1S/C14H14ClN/c15-13-8-12-10(6-3-7-14(12)16)9-4-1-2-5-11(9)13/h1-2,4-5,8,14H,3,6-7,16H2/t14-/m0/s1. The Hall–Kier alpha value is -1.05. The van der Waals surface area contributed by atoms with Crippen LogP contribution in [0.4, 0.5) is 0 Å². The molecule has 16 heavy (non-hydrogen) atoms. The van der Waals surface area contributed by atoms with E-state index >= 15 is 0 Å². The molecule has 2 heteroatoms. The van der Waals surface area contributed by atoms with Gasteiger partial charge in [0.05, 0.1) is 0 Å². The molecule has 0 saturated heterocycles. The minimum atomic E-state index is 0.158. The van der Waals surface area contributed by atoms with Crippen molar-refractivity contribution in [1.82, 2.24) is 0 Å². The second kappa shape index (κ2) is 3.76. The molecule has 0 spiro atoms. The van der Waals surface area contributed by atoms with Crippen molar-refractivity contribution < 1.29 is 0 Å². The molecule has 3 rings (SSSR count). The highest BCUT2D eigenvalue weighted by Crippen LogP contribution is 2.37. The van der Waals surface area contributed by atoms with Crippen molar-refractivity contribution in [3.05, 3.63) is 46.5 Å². The molecule has 82 valence electrons. The van der Waals surface area contributed by atoms with Gasteiger partial charge < -0.3 is 5.73 Å². The quantitative estimate of drug-likeness (QED) is 0.733. The van der Waals surface area contributed by atoms with E-state index in [1.54, 1.807) is 0 Å². The molecule has 1 atom stereocenters. The highest BCUT2D eigenvalue weighted by atomic mass is 35.5. The van der Waals surface area contributed by atoms with Gasteiger partial charge in [0.2, 0.25) is 0 Å². The van der Waals surface area contributed by atoms with Crippen molar-refractivity contribution in [3.63, 3.8) is 0 Å². The zero-order chi connectivity index (χ0) is 11.1. The van der Waals surface area contributed by atoms with E-state index in [9.17, 15) is 0 Å². The van der Waals surface area contributed by atoms with E-state index < -0.39 is 0 Å². The minimum Gasteiger partial charge on any atom is -0.324 e. The number of fused-ring (bicyclic) bond motifs is 3. The molecule has 0 saturated carbocycles. The first kappa shape index (κ1) is 10.1. The zero-order valence-electron chi connectivity index (χ0n) is 9.04. The van der Waals surface area contributed by atoms with Crippen LogP contribution in [0.3, 0.4) is 0 Å². The van der Waals surface area contributed by atoms with Gasteiger partial charge in [0.15, 0.2) is 0 Å². The lowest BCUT2D eigenvalue weighted by molar-refractivity contribution is 0.573. The van der Waals surface area contributed by atoms with Crippen molar-refractivity contribution >= 4 is 22.4 Å². The summed E-state index contributed by atoms with van der Waals surface area (Å²) in [6.45, 7) is 0. The number of aryl methyl sites for hydroxylation is 1. The fourth-order valence-corrected chi connectivity index (χ4v) is 2.96. The van der Waals surface area contributed by atoms with E-state index in [0.29, 0.717) is 0 Å². The molecule has 0 fully saturated rings. The molecule has 1 nitrogen and oxygen atoms in total. The number of rotatable bonds is 0. The number of benzene rings is 2. The topological polar surface area (TPSA) is 26.0 Å².